The zero-order valence-electron chi connectivity index (χ0n) is 48.6. The highest BCUT2D eigenvalue weighted by molar-refractivity contribution is 6.01. The lowest BCUT2D eigenvalue weighted by Gasteiger charge is -2.49. The molecule has 0 aliphatic heterocycles. The molecule has 0 radical (unpaired) electrons. The third-order valence-corrected chi connectivity index (χ3v) is 19.3. The van der Waals surface area contributed by atoms with E-state index >= 15 is 0 Å². The number of nitrogens with zero attached hydrogens (tertiary/aromatic N) is 2. The molecule has 0 N–H and O–H groups in total. The third kappa shape index (κ3) is 7.82. The second-order valence-corrected chi connectivity index (χ2v) is 23.7. The highest BCUT2D eigenvalue weighted by atomic mass is 15.2. The second kappa shape index (κ2) is 20.9. The molecule has 2 nitrogen and oxygen atoms in total. The summed E-state index contributed by atoms with van der Waals surface area (Å²) in [5.41, 5.74) is 30.6. The standard InChI is InChI=1S/C86H60N2/c1-5-23-59(24-6-1)63-43-51-67(52-44-63)87(68-53-45-64(46-54-68)60-25-7-2-8-26-60)81-41-22-40-80-83(81)73-32-14-16-35-75(73)85(80)76-36-17-19-38-78(76)86(79-39-20-18-37-77(79)85)74-34-15-13-31-71(74)72-33-21-42-82(84(72)86)88(69-55-47-65(48-56-69)61-27-9-3-10-28-61)70-57-49-66(50-58-70)62-29-11-4-12-30-62/h1-45,47-53,55-58H,46,54H2. The van der Waals surface area contributed by atoms with E-state index in [4.69, 9.17) is 0 Å². The van der Waals surface area contributed by atoms with Gasteiger partial charge in [0.15, 0.2) is 0 Å². The Morgan fingerprint density at radius 2 is 0.591 bits per heavy atom. The minimum Gasteiger partial charge on any atom is -0.314 e. The van der Waals surface area contributed by atoms with Gasteiger partial charge in [-0.3, -0.25) is 0 Å². The molecule has 0 saturated carbocycles. The van der Waals surface area contributed by atoms with Gasteiger partial charge in [0.25, 0.3) is 0 Å². The van der Waals surface area contributed by atoms with Gasteiger partial charge in [-0.2, -0.15) is 0 Å². The van der Waals surface area contributed by atoms with E-state index in [2.05, 4.69) is 350 Å². The molecule has 414 valence electrons. The monoisotopic (exact) mass is 1120 g/mol. The van der Waals surface area contributed by atoms with Crippen molar-refractivity contribution in [3.63, 3.8) is 0 Å². The molecular weight excluding hydrogens is 1060 g/mol. The van der Waals surface area contributed by atoms with E-state index in [0.29, 0.717) is 0 Å². The molecule has 0 fully saturated rings. The average molecular weight is 1120 g/mol. The number of allylic oxidation sites excluding steroid dienone is 4. The molecule has 4 aliphatic rings. The molecule has 17 rings (SSSR count). The van der Waals surface area contributed by atoms with Gasteiger partial charge in [-0.15, -0.1) is 0 Å². The van der Waals surface area contributed by atoms with Crippen LogP contribution in [-0.2, 0) is 10.8 Å². The van der Waals surface area contributed by atoms with Crippen molar-refractivity contribution in [1.29, 1.82) is 0 Å². The first-order valence-electron chi connectivity index (χ1n) is 30.9. The molecule has 13 aromatic rings. The van der Waals surface area contributed by atoms with Crippen molar-refractivity contribution in [1.82, 2.24) is 0 Å². The Hall–Kier alpha value is -11.1. The van der Waals surface area contributed by atoms with Gasteiger partial charge < -0.3 is 9.80 Å². The van der Waals surface area contributed by atoms with Crippen LogP contribution >= 0.6 is 0 Å². The summed E-state index contributed by atoms with van der Waals surface area (Å²) in [6.07, 6.45) is 6.57. The van der Waals surface area contributed by atoms with Crippen molar-refractivity contribution in [3.8, 4) is 55.6 Å². The minimum atomic E-state index is -0.745. The van der Waals surface area contributed by atoms with Gasteiger partial charge in [0.1, 0.15) is 0 Å². The fourth-order valence-corrected chi connectivity index (χ4v) is 15.6. The van der Waals surface area contributed by atoms with Crippen molar-refractivity contribution in [2.45, 2.75) is 23.7 Å². The van der Waals surface area contributed by atoms with Crippen LogP contribution < -0.4 is 9.80 Å². The van der Waals surface area contributed by atoms with Crippen LogP contribution in [0, 0.1) is 0 Å². The maximum absolute atomic E-state index is 2.58. The normalized spacial score (nSPS) is 16.3. The third-order valence-electron chi connectivity index (χ3n) is 19.3. The summed E-state index contributed by atoms with van der Waals surface area (Å²) in [5, 5.41) is 0. The number of hydrogen-bond donors (Lipinski definition) is 0. The highest BCUT2D eigenvalue weighted by Gasteiger charge is 2.60. The van der Waals surface area contributed by atoms with Crippen molar-refractivity contribution in [2.75, 3.05) is 9.80 Å². The number of fused-ring (bicyclic) bond motifs is 16. The molecule has 2 spiro atoms. The van der Waals surface area contributed by atoms with Crippen molar-refractivity contribution >= 4 is 34.0 Å². The first-order valence-corrected chi connectivity index (χ1v) is 30.9. The zero-order chi connectivity index (χ0) is 58.2. The number of benzene rings is 13. The lowest BCUT2D eigenvalue weighted by atomic mass is 9.52. The smallest absolute Gasteiger partial charge is 0.0740 e. The number of hydrogen-bond acceptors (Lipinski definition) is 2. The number of rotatable bonds is 10. The summed E-state index contributed by atoms with van der Waals surface area (Å²) in [4.78, 5) is 5.10. The van der Waals surface area contributed by atoms with E-state index in [-0.39, 0.29) is 0 Å². The van der Waals surface area contributed by atoms with E-state index in [1.807, 2.05) is 0 Å². The van der Waals surface area contributed by atoms with E-state index in [9.17, 15) is 0 Å². The van der Waals surface area contributed by atoms with Gasteiger partial charge >= 0.3 is 0 Å². The predicted molar refractivity (Wildman–Crippen MR) is 366 cm³/mol. The van der Waals surface area contributed by atoms with Crippen LogP contribution in [-0.4, -0.2) is 0 Å². The summed E-state index contributed by atoms with van der Waals surface area (Å²) in [5.74, 6) is 0. The maximum Gasteiger partial charge on any atom is 0.0740 e. The fraction of sp³-hybridized carbons (Fsp3) is 0.0465. The Bertz CT molecular complexity index is 4740. The minimum absolute atomic E-state index is 0.697. The molecule has 0 bridgehead atoms. The van der Waals surface area contributed by atoms with E-state index in [1.54, 1.807) is 0 Å². The van der Waals surface area contributed by atoms with Crippen LogP contribution in [0.15, 0.2) is 345 Å². The molecule has 0 saturated heterocycles. The van der Waals surface area contributed by atoms with Gasteiger partial charge in [0, 0.05) is 33.9 Å². The molecule has 4 aliphatic carbocycles. The SMILES string of the molecule is C1=C(c2ccccc2)CCC(N(c2ccc(-c3ccccc3)cc2)c2cccc3c2-c2ccccc2C32c3ccccc3C3(c4ccccc4-c4cccc(N(c5ccc(-c6ccccc6)cc5)c5ccc(-c6ccccc6)cc5)c43)c3ccccc32)=C1. The summed E-state index contributed by atoms with van der Waals surface area (Å²) in [7, 11) is 0. The summed E-state index contributed by atoms with van der Waals surface area (Å²) in [6, 6.07) is 123. The first-order chi connectivity index (χ1) is 43.7. The Balaban J connectivity index is 0.903. The quantitative estimate of drug-likeness (QED) is 0.135. The van der Waals surface area contributed by atoms with Crippen LogP contribution in [0.4, 0.5) is 28.4 Å². The Labute approximate surface area is 515 Å². The van der Waals surface area contributed by atoms with Crippen LogP contribution in [0.3, 0.4) is 0 Å². The summed E-state index contributed by atoms with van der Waals surface area (Å²) >= 11 is 0. The Morgan fingerprint density at radius 3 is 1.08 bits per heavy atom. The topological polar surface area (TPSA) is 6.48 Å². The van der Waals surface area contributed by atoms with E-state index < -0.39 is 10.8 Å². The van der Waals surface area contributed by atoms with Crippen molar-refractivity contribution in [2.24, 2.45) is 0 Å². The Kier molecular flexibility index (Phi) is 12.2. The lowest BCUT2D eigenvalue weighted by molar-refractivity contribution is 0.633. The second-order valence-electron chi connectivity index (χ2n) is 23.7. The van der Waals surface area contributed by atoms with Gasteiger partial charge in [-0.25, -0.2) is 0 Å². The molecule has 0 unspecified atom stereocenters. The molecule has 0 atom stereocenters. The van der Waals surface area contributed by atoms with Crippen molar-refractivity contribution < 1.29 is 0 Å². The first kappa shape index (κ1) is 51.4. The molecular formula is C86H60N2. The number of anilines is 5. The zero-order valence-corrected chi connectivity index (χ0v) is 48.6. The fourth-order valence-electron chi connectivity index (χ4n) is 15.6. The molecule has 2 heteroatoms. The predicted octanol–water partition coefficient (Wildman–Crippen LogP) is 22.1. The van der Waals surface area contributed by atoms with Gasteiger partial charge in [-0.05, 0) is 168 Å². The Morgan fingerprint density at radius 1 is 0.227 bits per heavy atom. The van der Waals surface area contributed by atoms with Gasteiger partial charge in [0.2, 0.25) is 0 Å². The van der Waals surface area contributed by atoms with Gasteiger partial charge in [0.05, 0.1) is 22.2 Å². The average Bonchev–Trinajstić information content (AvgIpc) is 1.40. The molecule has 0 aromatic heterocycles. The van der Waals surface area contributed by atoms with E-state index in [0.717, 1.165) is 35.6 Å². The largest absolute Gasteiger partial charge is 0.314 e. The van der Waals surface area contributed by atoms with Crippen LogP contribution in [0.1, 0.15) is 62.9 Å². The van der Waals surface area contributed by atoms with Crippen LogP contribution in [0.2, 0.25) is 0 Å². The molecule has 13 aromatic carbocycles. The van der Waals surface area contributed by atoms with Crippen molar-refractivity contribution in [3.05, 3.63) is 396 Å². The van der Waals surface area contributed by atoms with Crippen LogP contribution in [0.5, 0.6) is 0 Å². The highest BCUT2D eigenvalue weighted by Crippen LogP contribution is 2.70. The van der Waals surface area contributed by atoms with Crippen LogP contribution in [0.25, 0.3) is 61.2 Å². The summed E-state index contributed by atoms with van der Waals surface area (Å²) in [6.45, 7) is 0. The molecule has 0 amide bonds. The van der Waals surface area contributed by atoms with E-state index in [1.165, 1.54) is 123 Å². The maximum atomic E-state index is 2.58. The summed E-state index contributed by atoms with van der Waals surface area (Å²) < 4.78 is 0. The molecule has 88 heavy (non-hydrogen) atoms. The van der Waals surface area contributed by atoms with Gasteiger partial charge in [-0.1, -0.05) is 285 Å². The lowest BCUT2D eigenvalue weighted by Crippen LogP contribution is -2.44. The molecule has 0 heterocycles.